The molecule has 7 nitrogen and oxygen atoms in total. The number of hydrogen-bond donors (Lipinski definition) is 2. The minimum absolute atomic E-state index is 0.0651. The Balaban J connectivity index is 1.38. The minimum Gasteiger partial charge on any atom is -0.497 e. The second kappa shape index (κ2) is 10.5. The van der Waals surface area contributed by atoms with Crippen LogP contribution in [0.25, 0.3) is 0 Å². The van der Waals surface area contributed by atoms with E-state index in [-0.39, 0.29) is 17.7 Å². The standard InChI is InChI=1S/C27H31ClN4O3/c1-16-12-17(2)32(31-16)18(3)27(34)30-25-11-8-21(15-24(25)28)29-26(33)14-20-7-5-6-19-13-22(35-4)9-10-23(19)20/h8-13,15,18,20H,5-7,14H2,1-4H3,(H,29,33)(H,30,34)/t18-,20-/m0/s1. The average Bonchev–Trinajstić information content (AvgIpc) is 3.17. The van der Waals surface area contributed by atoms with E-state index in [9.17, 15) is 9.59 Å². The molecule has 0 radical (unpaired) electrons. The Labute approximate surface area is 210 Å². The molecular formula is C27H31ClN4O3. The molecule has 1 aromatic heterocycles. The fourth-order valence-corrected chi connectivity index (χ4v) is 4.97. The summed E-state index contributed by atoms with van der Waals surface area (Å²) in [5.41, 5.74) is 5.32. The second-order valence-corrected chi connectivity index (χ2v) is 9.54. The summed E-state index contributed by atoms with van der Waals surface area (Å²) in [4.78, 5) is 25.6. The molecule has 0 saturated carbocycles. The lowest BCUT2D eigenvalue weighted by Gasteiger charge is -2.25. The summed E-state index contributed by atoms with van der Waals surface area (Å²) in [5.74, 6) is 0.738. The SMILES string of the molecule is COc1ccc2c(c1)CCC[C@H]2CC(=O)Nc1ccc(NC(=O)[C@H](C)n2nc(C)cc2C)c(Cl)c1. The number of fused-ring (bicyclic) bond motifs is 1. The van der Waals surface area contributed by atoms with Crippen molar-refractivity contribution in [3.8, 4) is 5.75 Å². The van der Waals surface area contributed by atoms with Gasteiger partial charge in [0.25, 0.3) is 0 Å². The highest BCUT2D eigenvalue weighted by molar-refractivity contribution is 6.34. The van der Waals surface area contributed by atoms with Gasteiger partial charge in [-0.3, -0.25) is 14.3 Å². The van der Waals surface area contributed by atoms with Crippen LogP contribution >= 0.6 is 11.6 Å². The first-order valence-electron chi connectivity index (χ1n) is 11.8. The number of nitrogens with zero attached hydrogens (tertiary/aromatic N) is 2. The van der Waals surface area contributed by atoms with Gasteiger partial charge in [-0.25, -0.2) is 0 Å². The van der Waals surface area contributed by atoms with Crippen LogP contribution in [0.5, 0.6) is 5.75 Å². The van der Waals surface area contributed by atoms with E-state index in [0.717, 1.165) is 36.4 Å². The Morgan fingerprint density at radius 3 is 2.66 bits per heavy atom. The molecule has 2 amide bonds. The summed E-state index contributed by atoms with van der Waals surface area (Å²) in [7, 11) is 1.67. The molecule has 2 aromatic carbocycles. The zero-order valence-electron chi connectivity index (χ0n) is 20.5. The van der Waals surface area contributed by atoms with Gasteiger partial charge in [0.15, 0.2) is 0 Å². The van der Waals surface area contributed by atoms with E-state index in [1.54, 1.807) is 36.9 Å². The first kappa shape index (κ1) is 24.8. The fraction of sp³-hybridized carbons (Fsp3) is 0.370. The number of amides is 2. The minimum atomic E-state index is -0.488. The van der Waals surface area contributed by atoms with E-state index >= 15 is 0 Å². The molecule has 0 fully saturated rings. The van der Waals surface area contributed by atoms with Crippen molar-refractivity contribution in [3.63, 3.8) is 0 Å². The zero-order valence-corrected chi connectivity index (χ0v) is 21.3. The lowest BCUT2D eigenvalue weighted by Crippen LogP contribution is -2.25. The summed E-state index contributed by atoms with van der Waals surface area (Å²) in [6.07, 6.45) is 3.43. The van der Waals surface area contributed by atoms with E-state index in [1.165, 1.54) is 11.1 Å². The van der Waals surface area contributed by atoms with Crippen LogP contribution in [-0.4, -0.2) is 28.7 Å². The van der Waals surface area contributed by atoms with Crippen LogP contribution in [0.15, 0.2) is 42.5 Å². The van der Waals surface area contributed by atoms with Crippen LogP contribution < -0.4 is 15.4 Å². The molecule has 4 rings (SSSR count). The third-order valence-corrected chi connectivity index (χ3v) is 6.83. The number of ether oxygens (including phenoxy) is 1. The number of anilines is 2. The number of aryl methyl sites for hydroxylation is 3. The summed E-state index contributed by atoms with van der Waals surface area (Å²) >= 11 is 6.43. The first-order chi connectivity index (χ1) is 16.7. The van der Waals surface area contributed by atoms with Crippen molar-refractivity contribution in [3.05, 3.63) is 70.0 Å². The average molecular weight is 495 g/mol. The molecule has 0 saturated heterocycles. The van der Waals surface area contributed by atoms with E-state index in [0.29, 0.717) is 22.8 Å². The zero-order chi connectivity index (χ0) is 25.1. The van der Waals surface area contributed by atoms with Gasteiger partial charge >= 0.3 is 0 Å². The molecule has 0 bridgehead atoms. The van der Waals surface area contributed by atoms with Crippen LogP contribution in [0.3, 0.4) is 0 Å². The van der Waals surface area contributed by atoms with Gasteiger partial charge in [0.05, 0.1) is 23.5 Å². The van der Waals surface area contributed by atoms with E-state index in [1.807, 2.05) is 26.0 Å². The van der Waals surface area contributed by atoms with Gasteiger partial charge in [-0.1, -0.05) is 17.7 Å². The maximum atomic E-state index is 12.8. The van der Waals surface area contributed by atoms with Crippen LogP contribution in [-0.2, 0) is 16.0 Å². The summed E-state index contributed by atoms with van der Waals surface area (Å²) < 4.78 is 7.03. The Morgan fingerprint density at radius 2 is 1.97 bits per heavy atom. The lowest BCUT2D eigenvalue weighted by molar-refractivity contribution is -0.119. The molecule has 184 valence electrons. The Morgan fingerprint density at radius 1 is 1.17 bits per heavy atom. The van der Waals surface area contributed by atoms with Gasteiger partial charge in [-0.05, 0) is 93.5 Å². The monoisotopic (exact) mass is 494 g/mol. The normalized spacial score (nSPS) is 15.7. The maximum absolute atomic E-state index is 12.8. The molecule has 3 aromatic rings. The molecule has 2 N–H and O–H groups in total. The van der Waals surface area contributed by atoms with Crippen LogP contribution in [0, 0.1) is 13.8 Å². The van der Waals surface area contributed by atoms with Gasteiger partial charge in [0.2, 0.25) is 11.8 Å². The van der Waals surface area contributed by atoms with Crippen molar-refractivity contribution >= 4 is 34.8 Å². The smallest absolute Gasteiger partial charge is 0.248 e. The third kappa shape index (κ3) is 5.68. The molecule has 35 heavy (non-hydrogen) atoms. The topological polar surface area (TPSA) is 85.3 Å². The molecule has 0 aliphatic heterocycles. The number of aromatic nitrogens is 2. The molecule has 0 spiro atoms. The summed E-state index contributed by atoms with van der Waals surface area (Å²) in [5, 5.41) is 10.5. The Kier molecular flexibility index (Phi) is 7.45. The highest BCUT2D eigenvalue weighted by atomic mass is 35.5. The van der Waals surface area contributed by atoms with Gasteiger partial charge in [0, 0.05) is 17.8 Å². The molecule has 8 heteroatoms. The number of methoxy groups -OCH3 is 1. The highest BCUT2D eigenvalue weighted by Crippen LogP contribution is 2.36. The van der Waals surface area contributed by atoms with Crippen molar-refractivity contribution in [1.82, 2.24) is 9.78 Å². The maximum Gasteiger partial charge on any atom is 0.248 e. The first-order valence-corrected chi connectivity index (χ1v) is 12.2. The van der Waals surface area contributed by atoms with Gasteiger partial charge < -0.3 is 15.4 Å². The van der Waals surface area contributed by atoms with Crippen LogP contribution in [0.4, 0.5) is 11.4 Å². The second-order valence-electron chi connectivity index (χ2n) is 9.14. The molecule has 2 atom stereocenters. The lowest BCUT2D eigenvalue weighted by atomic mass is 9.81. The Hall–Kier alpha value is -3.32. The van der Waals surface area contributed by atoms with Gasteiger partial charge in [-0.15, -0.1) is 0 Å². The van der Waals surface area contributed by atoms with Crippen molar-refractivity contribution in [2.24, 2.45) is 0 Å². The number of rotatable bonds is 7. The number of halogens is 1. The number of hydrogen-bond acceptors (Lipinski definition) is 4. The van der Waals surface area contributed by atoms with E-state index in [2.05, 4.69) is 27.9 Å². The van der Waals surface area contributed by atoms with Crippen molar-refractivity contribution in [2.45, 2.75) is 58.4 Å². The summed E-state index contributed by atoms with van der Waals surface area (Å²) in [6, 6.07) is 12.6. The number of carbonyl (C=O) groups is 2. The van der Waals surface area contributed by atoms with Crippen molar-refractivity contribution in [1.29, 1.82) is 0 Å². The predicted molar refractivity (Wildman–Crippen MR) is 138 cm³/mol. The quantitative estimate of drug-likeness (QED) is 0.434. The fourth-order valence-electron chi connectivity index (χ4n) is 4.75. The third-order valence-electron chi connectivity index (χ3n) is 6.52. The summed E-state index contributed by atoms with van der Waals surface area (Å²) in [6.45, 7) is 5.59. The van der Waals surface area contributed by atoms with Crippen LogP contribution in [0.2, 0.25) is 5.02 Å². The van der Waals surface area contributed by atoms with Gasteiger partial charge in [-0.2, -0.15) is 5.10 Å². The molecular weight excluding hydrogens is 464 g/mol. The van der Waals surface area contributed by atoms with E-state index in [4.69, 9.17) is 16.3 Å². The van der Waals surface area contributed by atoms with Crippen LogP contribution in [0.1, 0.15) is 60.7 Å². The molecule has 1 heterocycles. The number of benzene rings is 2. The largest absolute Gasteiger partial charge is 0.497 e. The van der Waals surface area contributed by atoms with Crippen molar-refractivity contribution < 1.29 is 14.3 Å². The number of carbonyl (C=O) groups excluding carboxylic acids is 2. The predicted octanol–water partition coefficient (Wildman–Crippen LogP) is 5.81. The highest BCUT2D eigenvalue weighted by Gasteiger charge is 2.24. The van der Waals surface area contributed by atoms with E-state index < -0.39 is 6.04 Å². The van der Waals surface area contributed by atoms with Gasteiger partial charge in [0.1, 0.15) is 11.8 Å². The Bertz CT molecular complexity index is 1250. The molecule has 1 aliphatic rings. The molecule has 0 unspecified atom stereocenters. The van der Waals surface area contributed by atoms with Crippen molar-refractivity contribution in [2.75, 3.05) is 17.7 Å². The number of nitrogens with one attached hydrogen (secondary N) is 2. The molecule has 1 aliphatic carbocycles.